The second-order valence-electron chi connectivity index (χ2n) is 14.1. The summed E-state index contributed by atoms with van der Waals surface area (Å²) in [6.07, 6.45) is 0. The zero-order chi connectivity index (χ0) is 31.7. The summed E-state index contributed by atoms with van der Waals surface area (Å²) in [7, 11) is 0. The van der Waals surface area contributed by atoms with Crippen molar-refractivity contribution in [2.45, 2.75) is 47.0 Å². The number of rotatable bonds is 3. The van der Waals surface area contributed by atoms with Gasteiger partial charge in [0.05, 0.1) is 5.69 Å². The van der Waals surface area contributed by atoms with E-state index in [4.69, 9.17) is 0 Å². The Morgan fingerprint density at radius 1 is 0.478 bits per heavy atom. The summed E-state index contributed by atoms with van der Waals surface area (Å²) < 4.78 is 0. The van der Waals surface area contributed by atoms with Gasteiger partial charge < -0.3 is 9.80 Å². The molecule has 0 bridgehead atoms. The summed E-state index contributed by atoms with van der Waals surface area (Å²) in [5.41, 5.74) is 19.1. The van der Waals surface area contributed by atoms with Crippen molar-refractivity contribution in [2.24, 2.45) is 0 Å². The molecule has 3 heteroatoms. The van der Waals surface area contributed by atoms with E-state index in [1.165, 1.54) is 83.9 Å². The molecule has 0 aliphatic carbocycles. The molecule has 2 aliphatic heterocycles. The van der Waals surface area contributed by atoms with E-state index in [9.17, 15) is 0 Å². The number of hydrogen-bond acceptors (Lipinski definition) is 2. The largest absolute Gasteiger partial charge is 0.311 e. The molecule has 0 saturated heterocycles. The second kappa shape index (κ2) is 10.5. The molecule has 2 aliphatic rings. The third-order valence-electron chi connectivity index (χ3n) is 9.75. The van der Waals surface area contributed by atoms with E-state index in [1.807, 2.05) is 0 Å². The summed E-state index contributed by atoms with van der Waals surface area (Å²) in [6.45, 7) is 13.7. The minimum Gasteiger partial charge on any atom is -0.311 e. The molecule has 0 amide bonds. The van der Waals surface area contributed by atoms with Crippen LogP contribution in [0.3, 0.4) is 0 Å². The Bertz CT molecular complexity index is 2120. The van der Waals surface area contributed by atoms with Crippen LogP contribution in [-0.2, 0) is 5.41 Å². The lowest BCUT2D eigenvalue weighted by Gasteiger charge is -2.45. The fourth-order valence-corrected chi connectivity index (χ4v) is 7.49. The van der Waals surface area contributed by atoms with Crippen molar-refractivity contribution in [3.8, 4) is 11.1 Å². The third kappa shape index (κ3) is 4.49. The number of nitrogens with zero attached hydrogens (tertiary/aromatic N) is 2. The molecular weight excluding hydrogens is 555 g/mol. The number of benzene rings is 6. The molecule has 0 spiro atoms. The SMILES string of the molecule is Cc1ccc(N2c3ccc(C)cc3B3c4cc(C(C)(C)C)ccc4N(c4ccccc4-c4ccccc4)c4cc(C)cc2c43)cc1. The van der Waals surface area contributed by atoms with Gasteiger partial charge in [-0.3, -0.25) is 0 Å². The number of hydrogen-bond donors (Lipinski definition) is 0. The standard InChI is InChI=1S/C43H39BN2/c1-28-16-20-33(21-17-28)45-38-22-18-29(2)24-35(38)44-36-27-32(43(4,5)6)19-23-39(36)46(41-26-30(3)25-40(45)42(41)44)37-15-11-10-14-34(37)31-12-8-7-9-13-31/h7-27H,1-6H3. The summed E-state index contributed by atoms with van der Waals surface area (Å²) in [5.74, 6) is 0. The molecule has 0 saturated carbocycles. The smallest absolute Gasteiger partial charge is 0.252 e. The van der Waals surface area contributed by atoms with E-state index in [2.05, 4.69) is 179 Å². The van der Waals surface area contributed by atoms with Crippen molar-refractivity contribution in [3.05, 3.63) is 150 Å². The maximum Gasteiger partial charge on any atom is 0.252 e. The first-order valence-electron chi connectivity index (χ1n) is 16.4. The summed E-state index contributed by atoms with van der Waals surface area (Å²) in [5, 5.41) is 0. The van der Waals surface area contributed by atoms with Crippen LogP contribution in [0.5, 0.6) is 0 Å². The summed E-state index contributed by atoms with van der Waals surface area (Å²) in [4.78, 5) is 5.04. The molecule has 8 rings (SSSR count). The van der Waals surface area contributed by atoms with Crippen molar-refractivity contribution in [3.63, 3.8) is 0 Å². The molecule has 0 fully saturated rings. The molecule has 0 unspecified atom stereocenters. The van der Waals surface area contributed by atoms with E-state index in [-0.39, 0.29) is 12.1 Å². The van der Waals surface area contributed by atoms with Crippen LogP contribution in [0.15, 0.2) is 127 Å². The Hall–Kier alpha value is -5.02. The number of para-hydroxylation sites is 1. The molecule has 0 radical (unpaired) electrons. The first kappa shape index (κ1) is 28.5. The highest BCUT2D eigenvalue weighted by atomic mass is 15.2. The van der Waals surface area contributed by atoms with Crippen LogP contribution in [0.2, 0.25) is 0 Å². The fourth-order valence-electron chi connectivity index (χ4n) is 7.49. The van der Waals surface area contributed by atoms with Gasteiger partial charge in [-0.05, 0) is 102 Å². The highest BCUT2D eigenvalue weighted by molar-refractivity contribution is 7.00. The Balaban J connectivity index is 1.49. The highest BCUT2D eigenvalue weighted by Crippen LogP contribution is 2.47. The first-order valence-corrected chi connectivity index (χ1v) is 16.4. The van der Waals surface area contributed by atoms with Crippen molar-refractivity contribution in [2.75, 3.05) is 9.80 Å². The number of anilines is 6. The van der Waals surface area contributed by atoms with Crippen LogP contribution >= 0.6 is 0 Å². The lowest BCUT2D eigenvalue weighted by atomic mass is 9.33. The lowest BCUT2D eigenvalue weighted by molar-refractivity contribution is 0.591. The quantitative estimate of drug-likeness (QED) is 0.188. The van der Waals surface area contributed by atoms with Gasteiger partial charge >= 0.3 is 0 Å². The highest BCUT2D eigenvalue weighted by Gasteiger charge is 2.44. The molecule has 2 heterocycles. The lowest BCUT2D eigenvalue weighted by Crippen LogP contribution is -2.61. The molecule has 46 heavy (non-hydrogen) atoms. The Morgan fingerprint density at radius 3 is 1.83 bits per heavy atom. The topological polar surface area (TPSA) is 6.48 Å². The van der Waals surface area contributed by atoms with Gasteiger partial charge in [-0.15, -0.1) is 0 Å². The Morgan fingerprint density at radius 2 is 1.09 bits per heavy atom. The van der Waals surface area contributed by atoms with Crippen molar-refractivity contribution in [1.82, 2.24) is 0 Å². The minimum absolute atomic E-state index is 0.0240. The predicted molar refractivity (Wildman–Crippen MR) is 199 cm³/mol. The second-order valence-corrected chi connectivity index (χ2v) is 14.1. The summed E-state index contributed by atoms with van der Waals surface area (Å²) in [6, 6.07) is 47.7. The van der Waals surface area contributed by atoms with Crippen molar-refractivity contribution < 1.29 is 0 Å². The average molecular weight is 595 g/mol. The zero-order valence-corrected chi connectivity index (χ0v) is 27.6. The van der Waals surface area contributed by atoms with E-state index < -0.39 is 0 Å². The van der Waals surface area contributed by atoms with Gasteiger partial charge in [0.25, 0.3) is 6.71 Å². The van der Waals surface area contributed by atoms with Crippen LogP contribution in [0.25, 0.3) is 11.1 Å². The zero-order valence-electron chi connectivity index (χ0n) is 27.6. The van der Waals surface area contributed by atoms with Gasteiger partial charge in [0, 0.05) is 34.0 Å². The fraction of sp³-hybridized carbons (Fsp3) is 0.163. The van der Waals surface area contributed by atoms with Crippen molar-refractivity contribution in [1.29, 1.82) is 0 Å². The van der Waals surface area contributed by atoms with E-state index in [1.54, 1.807) is 0 Å². The molecule has 224 valence electrons. The third-order valence-corrected chi connectivity index (χ3v) is 9.75. The minimum atomic E-state index is 0.0240. The normalized spacial score (nSPS) is 13.3. The molecular formula is C43H39BN2. The van der Waals surface area contributed by atoms with E-state index in [0.29, 0.717) is 0 Å². The summed E-state index contributed by atoms with van der Waals surface area (Å²) >= 11 is 0. The maximum absolute atomic E-state index is 2.54. The van der Waals surface area contributed by atoms with Gasteiger partial charge in [0.1, 0.15) is 0 Å². The number of fused-ring (bicyclic) bond motifs is 4. The van der Waals surface area contributed by atoms with Crippen LogP contribution in [0.4, 0.5) is 34.1 Å². The number of aryl methyl sites for hydroxylation is 3. The van der Waals surface area contributed by atoms with Crippen LogP contribution in [-0.4, -0.2) is 6.71 Å². The van der Waals surface area contributed by atoms with Crippen molar-refractivity contribution >= 4 is 57.2 Å². The van der Waals surface area contributed by atoms with E-state index in [0.717, 1.165) is 0 Å². The van der Waals surface area contributed by atoms with Gasteiger partial charge in [0.2, 0.25) is 0 Å². The van der Waals surface area contributed by atoms with Crippen LogP contribution in [0.1, 0.15) is 43.0 Å². The predicted octanol–water partition coefficient (Wildman–Crippen LogP) is 9.66. The molecule has 0 atom stereocenters. The maximum atomic E-state index is 2.54. The average Bonchev–Trinajstić information content (AvgIpc) is 3.05. The van der Waals surface area contributed by atoms with Gasteiger partial charge in [-0.1, -0.05) is 117 Å². The molecule has 0 aromatic heterocycles. The first-order chi connectivity index (χ1) is 22.2. The Labute approximate surface area is 274 Å². The molecule has 6 aromatic carbocycles. The van der Waals surface area contributed by atoms with Gasteiger partial charge in [-0.25, -0.2) is 0 Å². The van der Waals surface area contributed by atoms with Gasteiger partial charge in [0.15, 0.2) is 0 Å². The van der Waals surface area contributed by atoms with Crippen LogP contribution < -0.4 is 26.2 Å². The van der Waals surface area contributed by atoms with E-state index >= 15 is 0 Å². The monoisotopic (exact) mass is 594 g/mol. The molecule has 6 aromatic rings. The van der Waals surface area contributed by atoms with Crippen LogP contribution in [0, 0.1) is 20.8 Å². The molecule has 2 nitrogen and oxygen atoms in total. The van der Waals surface area contributed by atoms with Gasteiger partial charge in [-0.2, -0.15) is 0 Å². The molecule has 0 N–H and O–H groups in total. The Kier molecular flexibility index (Phi) is 6.51.